The first-order valence-electron chi connectivity index (χ1n) is 11.1. The van der Waals surface area contributed by atoms with Gasteiger partial charge in [0.05, 0.1) is 17.6 Å². The first kappa shape index (κ1) is 22.9. The van der Waals surface area contributed by atoms with E-state index in [9.17, 15) is 18.1 Å². The lowest BCUT2D eigenvalue weighted by Gasteiger charge is -2.44. The van der Waals surface area contributed by atoms with Crippen molar-refractivity contribution in [1.29, 1.82) is 5.26 Å². The van der Waals surface area contributed by atoms with E-state index in [4.69, 9.17) is 4.74 Å². The van der Waals surface area contributed by atoms with Gasteiger partial charge in [0.15, 0.2) is 9.84 Å². The van der Waals surface area contributed by atoms with Crippen molar-refractivity contribution in [2.75, 3.05) is 13.2 Å². The Labute approximate surface area is 201 Å². The number of likely N-dealkylation sites (tertiary alicyclic amines) is 1. The van der Waals surface area contributed by atoms with E-state index in [1.165, 1.54) is 18.5 Å². The predicted molar refractivity (Wildman–Crippen MR) is 124 cm³/mol. The van der Waals surface area contributed by atoms with Crippen LogP contribution >= 0.6 is 11.5 Å². The van der Waals surface area contributed by atoms with Crippen molar-refractivity contribution in [1.82, 2.24) is 14.3 Å². The van der Waals surface area contributed by atoms with E-state index in [0.717, 1.165) is 42.0 Å². The third kappa shape index (κ3) is 4.56. The number of fused-ring (bicyclic) bond motifs is 1. The number of ether oxygens (including phenoxy) is 1. The van der Waals surface area contributed by atoms with Crippen molar-refractivity contribution < 1.29 is 17.5 Å². The van der Waals surface area contributed by atoms with Crippen LogP contribution in [0.1, 0.15) is 47.5 Å². The Morgan fingerprint density at radius 3 is 2.74 bits per heavy atom. The average molecular weight is 499 g/mol. The van der Waals surface area contributed by atoms with Crippen molar-refractivity contribution in [2.24, 2.45) is 5.92 Å². The highest BCUT2D eigenvalue weighted by Crippen LogP contribution is 2.45. The molecule has 0 radical (unpaired) electrons. The smallest absolute Gasteiger partial charge is 0.185 e. The summed E-state index contributed by atoms with van der Waals surface area (Å²) in [5.41, 5.74) is 1.91. The van der Waals surface area contributed by atoms with Gasteiger partial charge >= 0.3 is 0 Å². The van der Waals surface area contributed by atoms with E-state index in [1.807, 2.05) is 6.07 Å². The monoisotopic (exact) mass is 498 g/mol. The number of nitrogens with zero attached hydrogens (tertiary/aromatic N) is 4. The molecule has 2 aromatic carbocycles. The van der Waals surface area contributed by atoms with Crippen LogP contribution in [0.2, 0.25) is 0 Å². The molecule has 1 aromatic heterocycles. The summed E-state index contributed by atoms with van der Waals surface area (Å²) < 4.78 is 49.2. The van der Waals surface area contributed by atoms with E-state index in [0.29, 0.717) is 23.8 Å². The average Bonchev–Trinajstić information content (AvgIpc) is 3.36. The number of sulfone groups is 1. The van der Waals surface area contributed by atoms with E-state index in [-0.39, 0.29) is 34.5 Å². The second-order valence-corrected chi connectivity index (χ2v) is 11.5. The molecule has 7 nitrogen and oxygen atoms in total. The van der Waals surface area contributed by atoms with Gasteiger partial charge in [0, 0.05) is 36.5 Å². The summed E-state index contributed by atoms with van der Waals surface area (Å²) in [5, 5.41) is 9.98. The second kappa shape index (κ2) is 9.41. The molecule has 0 spiro atoms. The molecular weight excluding hydrogens is 475 g/mol. The number of piperidine rings is 1. The number of benzene rings is 2. The largest absolute Gasteiger partial charge is 0.493 e. The van der Waals surface area contributed by atoms with Crippen molar-refractivity contribution in [2.45, 2.75) is 42.0 Å². The Morgan fingerprint density at radius 2 is 2.00 bits per heavy atom. The lowest BCUT2D eigenvalue weighted by atomic mass is 9.85. The standard InChI is InChI=1S/C24H23FN4O3S2/c25-18-3-1-17(2-4-18)22-11-16(13-26)7-9-29(22)21-8-10-32-23-12-19(5-6-20(21)23)34(30,31)14-24-27-15-28-33-24/h1-6,12,15-16,21-22H,7-11,14H2/t16-,21+,22+/m1/s1. The molecular formula is C24H23FN4O3S2. The Kier molecular flexibility index (Phi) is 6.34. The topological polar surface area (TPSA) is 96.2 Å². The number of hydrogen-bond donors (Lipinski definition) is 0. The van der Waals surface area contributed by atoms with Crippen LogP contribution in [0.5, 0.6) is 5.75 Å². The Bertz CT molecular complexity index is 1310. The molecule has 0 unspecified atom stereocenters. The van der Waals surface area contributed by atoms with Gasteiger partial charge in [-0.25, -0.2) is 17.8 Å². The fraction of sp³-hybridized carbons (Fsp3) is 0.375. The van der Waals surface area contributed by atoms with E-state index in [2.05, 4.69) is 20.3 Å². The number of hydrogen-bond acceptors (Lipinski definition) is 8. The Hall–Kier alpha value is -2.87. The van der Waals surface area contributed by atoms with Gasteiger partial charge in [0.1, 0.15) is 28.7 Å². The van der Waals surface area contributed by atoms with Gasteiger partial charge in [0.2, 0.25) is 0 Å². The molecule has 10 heteroatoms. The molecule has 3 aromatic rings. The molecule has 2 aliphatic rings. The molecule has 1 saturated heterocycles. The van der Waals surface area contributed by atoms with E-state index in [1.54, 1.807) is 24.3 Å². The summed E-state index contributed by atoms with van der Waals surface area (Å²) in [7, 11) is -3.58. The Balaban J connectivity index is 1.46. The first-order chi connectivity index (χ1) is 16.4. The quantitative estimate of drug-likeness (QED) is 0.513. The highest BCUT2D eigenvalue weighted by atomic mass is 32.2. The number of aromatic nitrogens is 2. The van der Waals surface area contributed by atoms with Crippen LogP contribution < -0.4 is 4.74 Å². The van der Waals surface area contributed by atoms with Crippen LogP contribution in [-0.2, 0) is 15.6 Å². The maximum Gasteiger partial charge on any atom is 0.185 e. The van der Waals surface area contributed by atoms with Crippen molar-refractivity contribution in [3.05, 3.63) is 70.7 Å². The predicted octanol–water partition coefficient (Wildman–Crippen LogP) is 4.45. The van der Waals surface area contributed by atoms with Crippen molar-refractivity contribution >= 4 is 21.4 Å². The third-order valence-electron chi connectivity index (χ3n) is 6.55. The summed E-state index contributed by atoms with van der Waals surface area (Å²) >= 11 is 1.07. The number of halogens is 1. The molecule has 3 heterocycles. The van der Waals surface area contributed by atoms with Crippen molar-refractivity contribution in [3.63, 3.8) is 0 Å². The van der Waals surface area contributed by atoms with Gasteiger partial charge in [-0.15, -0.1) is 0 Å². The highest BCUT2D eigenvalue weighted by Gasteiger charge is 2.37. The van der Waals surface area contributed by atoms with Crippen LogP contribution in [0.15, 0.2) is 53.7 Å². The summed E-state index contributed by atoms with van der Waals surface area (Å²) in [6.07, 6.45) is 3.53. The zero-order chi connectivity index (χ0) is 23.7. The first-order valence-corrected chi connectivity index (χ1v) is 13.5. The SMILES string of the molecule is N#C[C@@H]1CCN([C@H]2CCOc3cc(S(=O)(=O)Cc4ncns4)ccc32)[C@H](c2ccc(F)cc2)C1. The molecule has 176 valence electrons. The maximum atomic E-state index is 13.6. The fourth-order valence-electron chi connectivity index (χ4n) is 4.88. The summed E-state index contributed by atoms with van der Waals surface area (Å²) in [4.78, 5) is 6.54. The Morgan fingerprint density at radius 1 is 1.18 bits per heavy atom. The molecule has 3 atom stereocenters. The van der Waals surface area contributed by atoms with E-state index >= 15 is 0 Å². The molecule has 0 aliphatic carbocycles. The summed E-state index contributed by atoms with van der Waals surface area (Å²) in [6.45, 7) is 1.19. The highest BCUT2D eigenvalue weighted by molar-refractivity contribution is 7.90. The van der Waals surface area contributed by atoms with Gasteiger partial charge in [-0.1, -0.05) is 18.2 Å². The number of nitriles is 1. The molecule has 0 saturated carbocycles. The van der Waals surface area contributed by atoms with Gasteiger partial charge in [-0.2, -0.15) is 9.64 Å². The van der Waals surface area contributed by atoms with Gasteiger partial charge in [0.25, 0.3) is 0 Å². The molecule has 0 amide bonds. The maximum absolute atomic E-state index is 13.6. The van der Waals surface area contributed by atoms with Crippen molar-refractivity contribution in [3.8, 4) is 11.8 Å². The third-order valence-corrected chi connectivity index (χ3v) is 9.02. The minimum atomic E-state index is -3.58. The van der Waals surface area contributed by atoms with Crippen LogP contribution in [0, 0.1) is 23.1 Å². The van der Waals surface area contributed by atoms with Crippen LogP contribution in [0.4, 0.5) is 4.39 Å². The zero-order valence-corrected chi connectivity index (χ0v) is 19.9. The molecule has 5 rings (SSSR count). The van der Waals surface area contributed by atoms with E-state index < -0.39 is 9.84 Å². The lowest BCUT2D eigenvalue weighted by molar-refractivity contribution is 0.0550. The molecule has 34 heavy (non-hydrogen) atoms. The van der Waals surface area contributed by atoms with Crippen LogP contribution in [-0.4, -0.2) is 35.8 Å². The lowest BCUT2D eigenvalue weighted by Crippen LogP contribution is -2.41. The zero-order valence-electron chi connectivity index (χ0n) is 18.3. The molecule has 0 N–H and O–H groups in total. The van der Waals surface area contributed by atoms with Crippen LogP contribution in [0.25, 0.3) is 0 Å². The van der Waals surface area contributed by atoms with Crippen LogP contribution in [0.3, 0.4) is 0 Å². The minimum absolute atomic E-state index is 0.0124. The van der Waals surface area contributed by atoms with Gasteiger partial charge in [-0.3, -0.25) is 4.90 Å². The molecule has 0 bridgehead atoms. The number of rotatable bonds is 5. The minimum Gasteiger partial charge on any atom is -0.493 e. The molecule has 1 fully saturated rings. The summed E-state index contributed by atoms with van der Waals surface area (Å²) in [6, 6.07) is 13.9. The fourth-order valence-corrected chi connectivity index (χ4v) is 7.00. The molecule has 2 aliphatic heterocycles. The van der Waals surface area contributed by atoms with Gasteiger partial charge in [-0.05, 0) is 54.2 Å². The van der Waals surface area contributed by atoms with Gasteiger partial charge < -0.3 is 4.74 Å². The second-order valence-electron chi connectivity index (χ2n) is 8.60. The normalized spacial score (nSPS) is 23.0. The summed E-state index contributed by atoms with van der Waals surface area (Å²) in [5.74, 6) is 0.0174.